The van der Waals surface area contributed by atoms with Crippen LogP contribution in [-0.2, 0) is 20.8 Å². The number of carbonyl (C=O) groups is 3. The lowest BCUT2D eigenvalue weighted by Gasteiger charge is -2.12. The number of benzene rings is 2. The van der Waals surface area contributed by atoms with Crippen LogP contribution in [0.1, 0.15) is 18.1 Å². The molecule has 2 N–H and O–H groups in total. The molecule has 3 rings (SSSR count). The Balaban J connectivity index is 1.65. The van der Waals surface area contributed by atoms with Gasteiger partial charge in [-0.1, -0.05) is 49.1 Å². The zero-order valence-corrected chi connectivity index (χ0v) is 19.6. The predicted molar refractivity (Wildman–Crippen MR) is 130 cm³/mol. The first-order valence-electron chi connectivity index (χ1n) is 9.97. The van der Waals surface area contributed by atoms with Crippen molar-refractivity contribution in [2.45, 2.75) is 13.3 Å². The summed E-state index contributed by atoms with van der Waals surface area (Å²) >= 11 is 6.13. The fourth-order valence-corrected chi connectivity index (χ4v) is 4.24. The molecule has 0 saturated carbocycles. The minimum absolute atomic E-state index is 0.191. The van der Waals surface area contributed by atoms with Crippen LogP contribution < -0.4 is 14.8 Å². The predicted octanol–water partition coefficient (Wildman–Crippen LogP) is 3.56. The topological polar surface area (TPSA) is 105 Å². The van der Waals surface area contributed by atoms with Crippen LogP contribution in [-0.4, -0.2) is 52.4 Å². The number of hydrogen-bond donors (Lipinski definition) is 2. The number of anilines is 1. The van der Waals surface area contributed by atoms with Crippen LogP contribution in [0.15, 0.2) is 47.4 Å². The van der Waals surface area contributed by atoms with E-state index in [4.69, 9.17) is 26.8 Å². The maximum Gasteiger partial charge on any atom is 0.323 e. The van der Waals surface area contributed by atoms with Crippen LogP contribution in [0.25, 0.3) is 6.08 Å². The molecule has 0 aromatic heterocycles. The number of amides is 2. The van der Waals surface area contributed by atoms with Crippen molar-refractivity contribution in [3.05, 3.63) is 58.5 Å². The number of thiocarbonyl (C=S) groups is 1. The van der Waals surface area contributed by atoms with Gasteiger partial charge in [-0.3, -0.25) is 19.3 Å². The van der Waals surface area contributed by atoms with Crippen molar-refractivity contribution in [1.82, 2.24) is 4.90 Å². The first-order chi connectivity index (χ1) is 15.8. The molecule has 1 heterocycles. The molecule has 10 heteroatoms. The third-order valence-electron chi connectivity index (χ3n) is 4.66. The minimum atomic E-state index is -1.14. The van der Waals surface area contributed by atoms with E-state index in [0.29, 0.717) is 27.7 Å². The van der Waals surface area contributed by atoms with Gasteiger partial charge in [0.05, 0.1) is 12.0 Å². The van der Waals surface area contributed by atoms with Crippen molar-refractivity contribution in [2.24, 2.45) is 0 Å². The van der Waals surface area contributed by atoms with Gasteiger partial charge in [0.15, 0.2) is 18.1 Å². The molecular formula is C23H22N2O6S2. The van der Waals surface area contributed by atoms with E-state index in [-0.39, 0.29) is 16.8 Å². The average Bonchev–Trinajstić information content (AvgIpc) is 3.05. The first-order valence-corrected chi connectivity index (χ1v) is 11.2. The highest BCUT2D eigenvalue weighted by Gasteiger charge is 2.33. The minimum Gasteiger partial charge on any atom is -0.493 e. The Morgan fingerprint density at radius 3 is 2.55 bits per heavy atom. The van der Waals surface area contributed by atoms with Crippen molar-refractivity contribution < 1.29 is 29.0 Å². The number of aryl methyl sites for hydroxylation is 1. The average molecular weight is 487 g/mol. The number of carbonyl (C=O) groups excluding carboxylic acids is 2. The summed E-state index contributed by atoms with van der Waals surface area (Å²) < 4.78 is 11.2. The molecule has 0 atom stereocenters. The quantitative estimate of drug-likeness (QED) is 0.410. The second kappa shape index (κ2) is 11.0. The van der Waals surface area contributed by atoms with Crippen LogP contribution in [0, 0.1) is 0 Å². The van der Waals surface area contributed by atoms with Crippen LogP contribution in [0.4, 0.5) is 5.69 Å². The number of rotatable bonds is 9. The first kappa shape index (κ1) is 24.3. The molecule has 2 aromatic rings. The Kier molecular flexibility index (Phi) is 8.07. The maximum atomic E-state index is 12.4. The molecule has 0 unspecified atom stereocenters. The van der Waals surface area contributed by atoms with Gasteiger partial charge in [-0.25, -0.2) is 0 Å². The SMILES string of the molecule is CCc1ccc(NC(=O)COc2ccc(/C=C3/SC(=S)N(CC(=O)O)C3=O)cc2OC)cc1. The van der Waals surface area contributed by atoms with E-state index in [9.17, 15) is 14.4 Å². The lowest BCUT2D eigenvalue weighted by atomic mass is 10.1. The Labute approximate surface area is 200 Å². The Morgan fingerprint density at radius 1 is 1.18 bits per heavy atom. The van der Waals surface area contributed by atoms with Gasteiger partial charge >= 0.3 is 5.97 Å². The number of aliphatic carboxylic acids is 1. The summed E-state index contributed by atoms with van der Waals surface area (Å²) in [5.41, 5.74) is 2.50. The summed E-state index contributed by atoms with van der Waals surface area (Å²) in [7, 11) is 1.47. The molecule has 8 nitrogen and oxygen atoms in total. The molecule has 1 aliphatic rings. The molecule has 33 heavy (non-hydrogen) atoms. The van der Waals surface area contributed by atoms with Gasteiger partial charge in [0.2, 0.25) is 0 Å². The summed E-state index contributed by atoms with van der Waals surface area (Å²) in [5, 5.41) is 11.7. The standard InChI is InChI=1S/C23H22N2O6S2/c1-3-14-4-7-16(8-5-14)24-20(26)13-31-17-9-6-15(10-18(17)30-2)11-19-22(29)25(12-21(27)28)23(32)33-19/h4-11H,3,12-13H2,1-2H3,(H,24,26)(H,27,28)/b19-11+. The lowest BCUT2D eigenvalue weighted by Crippen LogP contribution is -2.33. The molecule has 0 radical (unpaired) electrons. The summed E-state index contributed by atoms with van der Waals surface area (Å²) in [5.74, 6) is -1.17. The summed E-state index contributed by atoms with van der Waals surface area (Å²) in [6.45, 7) is 1.37. The van der Waals surface area contributed by atoms with E-state index in [1.165, 1.54) is 12.7 Å². The number of carboxylic acid groups (broad SMARTS) is 1. The third-order valence-corrected chi connectivity index (χ3v) is 6.03. The van der Waals surface area contributed by atoms with E-state index in [1.807, 2.05) is 24.3 Å². The second-order valence-electron chi connectivity index (χ2n) is 6.96. The Morgan fingerprint density at radius 2 is 1.91 bits per heavy atom. The van der Waals surface area contributed by atoms with E-state index < -0.39 is 18.4 Å². The van der Waals surface area contributed by atoms with Gasteiger partial charge in [-0.2, -0.15) is 0 Å². The summed E-state index contributed by atoms with van der Waals surface area (Å²) in [6, 6.07) is 12.6. The van der Waals surface area contributed by atoms with Crippen molar-refractivity contribution in [1.29, 1.82) is 0 Å². The normalized spacial score (nSPS) is 14.5. The third kappa shape index (κ3) is 6.33. The van der Waals surface area contributed by atoms with Gasteiger partial charge in [-0.05, 0) is 47.9 Å². The molecule has 1 saturated heterocycles. The maximum absolute atomic E-state index is 12.4. The second-order valence-corrected chi connectivity index (χ2v) is 8.63. The fourth-order valence-electron chi connectivity index (χ4n) is 2.98. The summed E-state index contributed by atoms with van der Waals surface area (Å²) in [4.78, 5) is 36.9. The van der Waals surface area contributed by atoms with E-state index in [0.717, 1.165) is 23.1 Å². The van der Waals surface area contributed by atoms with Gasteiger partial charge in [-0.15, -0.1) is 0 Å². The number of thioether (sulfide) groups is 1. The highest BCUT2D eigenvalue weighted by molar-refractivity contribution is 8.26. The van der Waals surface area contributed by atoms with Crippen LogP contribution >= 0.6 is 24.0 Å². The number of ether oxygens (including phenoxy) is 2. The zero-order chi connectivity index (χ0) is 24.0. The Hall–Kier alpha value is -3.37. The molecule has 2 amide bonds. The highest BCUT2D eigenvalue weighted by atomic mass is 32.2. The van der Waals surface area contributed by atoms with Gasteiger partial charge in [0.1, 0.15) is 10.9 Å². The van der Waals surface area contributed by atoms with Crippen molar-refractivity contribution >= 4 is 57.8 Å². The molecular weight excluding hydrogens is 464 g/mol. The number of nitrogens with one attached hydrogen (secondary N) is 1. The van der Waals surface area contributed by atoms with Crippen molar-refractivity contribution in [2.75, 3.05) is 25.6 Å². The van der Waals surface area contributed by atoms with Crippen molar-refractivity contribution in [3.63, 3.8) is 0 Å². The molecule has 0 aliphatic carbocycles. The largest absolute Gasteiger partial charge is 0.493 e. The number of carboxylic acids is 1. The van der Waals surface area contributed by atoms with Gasteiger partial charge < -0.3 is 19.9 Å². The van der Waals surface area contributed by atoms with Gasteiger partial charge in [0.25, 0.3) is 11.8 Å². The van der Waals surface area contributed by atoms with E-state index >= 15 is 0 Å². The smallest absolute Gasteiger partial charge is 0.323 e. The van der Waals surface area contributed by atoms with E-state index in [2.05, 4.69) is 12.2 Å². The number of methoxy groups -OCH3 is 1. The zero-order valence-electron chi connectivity index (χ0n) is 18.0. The highest BCUT2D eigenvalue weighted by Crippen LogP contribution is 2.34. The lowest BCUT2D eigenvalue weighted by molar-refractivity contribution is -0.140. The molecule has 0 spiro atoms. The van der Waals surface area contributed by atoms with Crippen LogP contribution in [0.2, 0.25) is 0 Å². The number of hydrogen-bond acceptors (Lipinski definition) is 7. The molecule has 1 fully saturated rings. The van der Waals surface area contributed by atoms with Gasteiger partial charge in [0, 0.05) is 5.69 Å². The van der Waals surface area contributed by atoms with Crippen LogP contribution in [0.5, 0.6) is 11.5 Å². The Bertz CT molecular complexity index is 1110. The molecule has 1 aliphatic heterocycles. The molecule has 2 aromatic carbocycles. The fraction of sp³-hybridized carbons (Fsp3) is 0.217. The van der Waals surface area contributed by atoms with Crippen LogP contribution in [0.3, 0.4) is 0 Å². The molecule has 0 bridgehead atoms. The molecule has 172 valence electrons. The monoisotopic (exact) mass is 486 g/mol. The van der Waals surface area contributed by atoms with E-state index in [1.54, 1.807) is 24.3 Å². The number of nitrogens with zero attached hydrogens (tertiary/aromatic N) is 1. The summed E-state index contributed by atoms with van der Waals surface area (Å²) in [6.07, 6.45) is 2.52. The van der Waals surface area contributed by atoms with Crippen molar-refractivity contribution in [3.8, 4) is 11.5 Å².